The zero-order valence-electron chi connectivity index (χ0n) is 15.1. The molecule has 1 aliphatic rings. The quantitative estimate of drug-likeness (QED) is 0.772. The molecule has 1 saturated heterocycles. The molecule has 1 heterocycles. The summed E-state index contributed by atoms with van der Waals surface area (Å²) < 4.78 is 18.3. The third kappa shape index (κ3) is 4.14. The SMILES string of the molecule is CCOC(=O)c1ccccc1NC(=O)C1CC(=O)N(c2ccc(F)c(Cl)c2)C1. The van der Waals surface area contributed by atoms with Crippen molar-refractivity contribution in [1.82, 2.24) is 0 Å². The molecule has 0 bridgehead atoms. The number of benzene rings is 2. The number of anilines is 2. The van der Waals surface area contributed by atoms with Crippen LogP contribution in [0.5, 0.6) is 0 Å². The van der Waals surface area contributed by atoms with Gasteiger partial charge in [-0.2, -0.15) is 0 Å². The summed E-state index contributed by atoms with van der Waals surface area (Å²) in [4.78, 5) is 38.4. The standard InChI is InChI=1S/C20H18ClFN2O4/c1-2-28-20(27)14-5-3-4-6-17(14)23-19(26)12-9-18(25)24(11-12)13-7-8-16(22)15(21)10-13/h3-8,10,12H,2,9,11H2,1H3,(H,23,26). The van der Waals surface area contributed by atoms with Gasteiger partial charge in [-0.05, 0) is 37.3 Å². The van der Waals surface area contributed by atoms with Crippen LogP contribution in [0.3, 0.4) is 0 Å². The molecule has 0 aliphatic carbocycles. The van der Waals surface area contributed by atoms with Crippen molar-refractivity contribution in [3.8, 4) is 0 Å². The molecule has 6 nitrogen and oxygen atoms in total. The van der Waals surface area contributed by atoms with Crippen molar-refractivity contribution < 1.29 is 23.5 Å². The van der Waals surface area contributed by atoms with E-state index in [1.54, 1.807) is 31.2 Å². The van der Waals surface area contributed by atoms with E-state index in [9.17, 15) is 18.8 Å². The van der Waals surface area contributed by atoms with E-state index in [0.717, 1.165) is 0 Å². The van der Waals surface area contributed by atoms with Crippen LogP contribution in [-0.4, -0.2) is 30.9 Å². The normalized spacial score (nSPS) is 16.2. The summed E-state index contributed by atoms with van der Waals surface area (Å²) in [7, 11) is 0. The van der Waals surface area contributed by atoms with Gasteiger partial charge in [0.1, 0.15) is 5.82 Å². The molecular weight excluding hydrogens is 387 g/mol. The third-order valence-electron chi connectivity index (χ3n) is 4.39. The zero-order chi connectivity index (χ0) is 20.3. The van der Waals surface area contributed by atoms with E-state index in [1.165, 1.54) is 23.1 Å². The Hall–Kier alpha value is -2.93. The lowest BCUT2D eigenvalue weighted by atomic mass is 10.1. The van der Waals surface area contributed by atoms with Crippen LogP contribution in [0, 0.1) is 11.7 Å². The smallest absolute Gasteiger partial charge is 0.340 e. The fraction of sp³-hybridized carbons (Fsp3) is 0.250. The number of esters is 1. The largest absolute Gasteiger partial charge is 0.462 e. The molecule has 0 spiro atoms. The Labute approximate surface area is 166 Å². The highest BCUT2D eigenvalue weighted by Gasteiger charge is 2.35. The number of carbonyl (C=O) groups is 3. The molecule has 1 N–H and O–H groups in total. The number of carbonyl (C=O) groups excluding carboxylic acids is 3. The second-order valence-corrected chi connectivity index (χ2v) is 6.67. The van der Waals surface area contributed by atoms with Crippen molar-refractivity contribution in [2.75, 3.05) is 23.4 Å². The van der Waals surface area contributed by atoms with E-state index < -0.39 is 17.7 Å². The Morgan fingerprint density at radius 1 is 1.29 bits per heavy atom. The Bertz CT molecular complexity index is 934. The Kier molecular flexibility index (Phi) is 5.94. The Balaban J connectivity index is 1.73. The molecular formula is C20H18ClFN2O4. The lowest BCUT2D eigenvalue weighted by molar-refractivity contribution is -0.122. The molecule has 2 amide bonds. The topological polar surface area (TPSA) is 75.7 Å². The zero-order valence-corrected chi connectivity index (χ0v) is 15.8. The van der Waals surface area contributed by atoms with Gasteiger partial charge in [0, 0.05) is 18.7 Å². The first kappa shape index (κ1) is 19.8. The van der Waals surface area contributed by atoms with Gasteiger partial charge in [-0.3, -0.25) is 9.59 Å². The van der Waals surface area contributed by atoms with Crippen LogP contribution in [-0.2, 0) is 14.3 Å². The molecule has 2 aromatic rings. The molecule has 0 saturated carbocycles. The fourth-order valence-corrected chi connectivity index (χ4v) is 3.17. The van der Waals surface area contributed by atoms with E-state index in [0.29, 0.717) is 11.4 Å². The van der Waals surface area contributed by atoms with E-state index in [-0.39, 0.29) is 42.0 Å². The monoisotopic (exact) mass is 404 g/mol. The second kappa shape index (κ2) is 8.39. The van der Waals surface area contributed by atoms with Gasteiger partial charge in [0.2, 0.25) is 11.8 Å². The molecule has 2 aromatic carbocycles. The average Bonchev–Trinajstić information content (AvgIpc) is 3.06. The van der Waals surface area contributed by atoms with E-state index in [1.807, 2.05) is 0 Å². The van der Waals surface area contributed by atoms with Crippen molar-refractivity contribution in [2.24, 2.45) is 5.92 Å². The van der Waals surface area contributed by atoms with Gasteiger partial charge in [0.05, 0.1) is 28.8 Å². The predicted octanol–water partition coefficient (Wildman–Crippen LogP) is 3.65. The van der Waals surface area contributed by atoms with Crippen molar-refractivity contribution in [2.45, 2.75) is 13.3 Å². The van der Waals surface area contributed by atoms with Gasteiger partial charge in [-0.25, -0.2) is 9.18 Å². The van der Waals surface area contributed by atoms with Crippen LogP contribution in [0.25, 0.3) is 0 Å². The number of para-hydroxylation sites is 1. The molecule has 0 aromatic heterocycles. The Morgan fingerprint density at radius 2 is 2.04 bits per heavy atom. The van der Waals surface area contributed by atoms with Gasteiger partial charge >= 0.3 is 5.97 Å². The molecule has 1 atom stereocenters. The summed E-state index contributed by atoms with van der Waals surface area (Å²) in [6.07, 6.45) is 0.00238. The van der Waals surface area contributed by atoms with Gasteiger partial charge in [0.25, 0.3) is 0 Å². The first-order chi connectivity index (χ1) is 13.4. The fourth-order valence-electron chi connectivity index (χ4n) is 3.00. The highest BCUT2D eigenvalue weighted by molar-refractivity contribution is 6.31. The number of nitrogens with one attached hydrogen (secondary N) is 1. The minimum atomic E-state index is -0.619. The highest BCUT2D eigenvalue weighted by Crippen LogP contribution is 2.29. The van der Waals surface area contributed by atoms with Crippen LogP contribution in [0.2, 0.25) is 5.02 Å². The first-order valence-corrected chi connectivity index (χ1v) is 9.11. The van der Waals surface area contributed by atoms with Crippen molar-refractivity contribution >= 4 is 40.8 Å². The molecule has 28 heavy (non-hydrogen) atoms. The molecule has 1 unspecified atom stereocenters. The highest BCUT2D eigenvalue weighted by atomic mass is 35.5. The third-order valence-corrected chi connectivity index (χ3v) is 4.68. The molecule has 1 fully saturated rings. The second-order valence-electron chi connectivity index (χ2n) is 6.26. The number of halogens is 2. The van der Waals surface area contributed by atoms with Gasteiger partial charge in [0.15, 0.2) is 0 Å². The average molecular weight is 405 g/mol. The summed E-state index contributed by atoms with van der Waals surface area (Å²) in [6.45, 7) is 2.04. The van der Waals surface area contributed by atoms with E-state index in [2.05, 4.69) is 5.32 Å². The lowest BCUT2D eigenvalue weighted by Crippen LogP contribution is -2.28. The predicted molar refractivity (Wildman–Crippen MR) is 103 cm³/mol. The summed E-state index contributed by atoms with van der Waals surface area (Å²) in [5, 5.41) is 2.60. The van der Waals surface area contributed by atoms with Gasteiger partial charge in [-0.1, -0.05) is 23.7 Å². The number of amides is 2. The first-order valence-electron chi connectivity index (χ1n) is 8.73. The minimum Gasteiger partial charge on any atom is -0.462 e. The lowest BCUT2D eigenvalue weighted by Gasteiger charge is -2.17. The molecule has 8 heteroatoms. The van der Waals surface area contributed by atoms with Crippen molar-refractivity contribution in [3.05, 3.63) is 58.9 Å². The van der Waals surface area contributed by atoms with Gasteiger partial charge in [-0.15, -0.1) is 0 Å². The number of hydrogen-bond acceptors (Lipinski definition) is 4. The maximum atomic E-state index is 13.4. The molecule has 3 rings (SSSR count). The number of nitrogens with zero attached hydrogens (tertiary/aromatic N) is 1. The summed E-state index contributed by atoms with van der Waals surface area (Å²) >= 11 is 5.78. The van der Waals surface area contributed by atoms with Crippen LogP contribution < -0.4 is 10.2 Å². The molecule has 146 valence electrons. The maximum absolute atomic E-state index is 13.4. The van der Waals surface area contributed by atoms with Crippen LogP contribution in [0.15, 0.2) is 42.5 Å². The minimum absolute atomic E-state index is 0.00238. The van der Waals surface area contributed by atoms with Crippen molar-refractivity contribution in [1.29, 1.82) is 0 Å². The van der Waals surface area contributed by atoms with Gasteiger partial charge < -0.3 is 15.0 Å². The number of hydrogen-bond donors (Lipinski definition) is 1. The van der Waals surface area contributed by atoms with Crippen LogP contribution >= 0.6 is 11.6 Å². The summed E-state index contributed by atoms with van der Waals surface area (Å²) in [5.41, 5.74) is 0.990. The van der Waals surface area contributed by atoms with Crippen molar-refractivity contribution in [3.63, 3.8) is 0 Å². The summed E-state index contributed by atoms with van der Waals surface area (Å²) in [5.74, 6) is -2.39. The van der Waals surface area contributed by atoms with E-state index >= 15 is 0 Å². The van der Waals surface area contributed by atoms with Crippen LogP contribution in [0.1, 0.15) is 23.7 Å². The summed E-state index contributed by atoms with van der Waals surface area (Å²) in [6, 6.07) is 10.5. The maximum Gasteiger partial charge on any atom is 0.340 e. The number of rotatable bonds is 5. The van der Waals surface area contributed by atoms with E-state index in [4.69, 9.17) is 16.3 Å². The number of ether oxygens (including phenoxy) is 1. The molecule has 1 aliphatic heterocycles. The Morgan fingerprint density at radius 3 is 2.75 bits per heavy atom. The molecule has 0 radical (unpaired) electrons. The van der Waals surface area contributed by atoms with Crippen LogP contribution in [0.4, 0.5) is 15.8 Å².